The van der Waals surface area contributed by atoms with Crippen molar-refractivity contribution in [3.63, 3.8) is 0 Å². The molecule has 0 aliphatic rings. The summed E-state index contributed by atoms with van der Waals surface area (Å²) in [6.07, 6.45) is 7.32. The second kappa shape index (κ2) is 14.2. The summed E-state index contributed by atoms with van der Waals surface area (Å²) in [5.74, 6) is -0.736. The molecule has 8 heteroatoms. The molecule has 0 fully saturated rings. The van der Waals surface area contributed by atoms with Crippen LogP contribution in [0, 0.1) is 5.92 Å². The number of ether oxygens (including phenoxy) is 2. The van der Waals surface area contributed by atoms with Crippen molar-refractivity contribution in [2.24, 2.45) is 11.7 Å². The Balaban J connectivity index is 2.48. The molecule has 0 heterocycles. The van der Waals surface area contributed by atoms with Crippen LogP contribution >= 0.6 is 0 Å². The summed E-state index contributed by atoms with van der Waals surface area (Å²) in [4.78, 5) is 34.7. The third kappa shape index (κ3) is 11.2. The Hall–Kier alpha value is -2.87. The van der Waals surface area contributed by atoms with Crippen LogP contribution in [0.25, 0.3) is 0 Å². The van der Waals surface area contributed by atoms with Gasteiger partial charge in [0.1, 0.15) is 6.04 Å². The summed E-state index contributed by atoms with van der Waals surface area (Å²) in [5, 5.41) is 11.5. The maximum Gasteiger partial charge on any atom is 0.328 e. The van der Waals surface area contributed by atoms with E-state index in [1.54, 1.807) is 18.2 Å². The molecule has 0 saturated heterocycles. The van der Waals surface area contributed by atoms with E-state index in [-0.39, 0.29) is 24.5 Å². The minimum absolute atomic E-state index is 0.0192. The summed E-state index contributed by atoms with van der Waals surface area (Å²) in [6.45, 7) is 4.59. The number of carbonyl (C=O) groups is 3. The van der Waals surface area contributed by atoms with Crippen molar-refractivity contribution >= 4 is 17.8 Å². The Morgan fingerprint density at radius 3 is 2.55 bits per heavy atom. The van der Waals surface area contributed by atoms with E-state index in [9.17, 15) is 14.4 Å². The number of hydrogen-bond acceptors (Lipinski definition) is 6. The average Bonchev–Trinajstić information content (AvgIpc) is 2.73. The molecule has 1 atom stereocenters. The smallest absolute Gasteiger partial charge is 0.328 e. The highest BCUT2D eigenvalue weighted by Gasteiger charge is 2.19. The number of aliphatic carboxylic acids is 1. The summed E-state index contributed by atoms with van der Waals surface area (Å²) in [5.41, 5.74) is 6.46. The second-order valence-electron chi connectivity index (χ2n) is 7.64. The maximum absolute atomic E-state index is 12.0. The molecule has 172 valence electrons. The number of methoxy groups -OCH3 is 1. The highest BCUT2D eigenvalue weighted by Crippen LogP contribution is 2.28. The van der Waals surface area contributed by atoms with E-state index in [1.165, 1.54) is 7.11 Å². The van der Waals surface area contributed by atoms with Crippen molar-refractivity contribution in [1.82, 2.24) is 5.32 Å². The van der Waals surface area contributed by atoms with Gasteiger partial charge in [-0.05, 0) is 49.3 Å². The van der Waals surface area contributed by atoms with Gasteiger partial charge >= 0.3 is 11.9 Å². The quantitative estimate of drug-likeness (QED) is 0.178. The molecule has 1 amide bonds. The van der Waals surface area contributed by atoms with Gasteiger partial charge in [0.2, 0.25) is 5.91 Å². The van der Waals surface area contributed by atoms with E-state index in [2.05, 4.69) is 31.3 Å². The molecular formula is C23H34N2O6. The van der Waals surface area contributed by atoms with Crippen molar-refractivity contribution in [2.75, 3.05) is 7.11 Å². The highest BCUT2D eigenvalue weighted by atomic mass is 16.6. The third-order valence-electron chi connectivity index (χ3n) is 4.45. The summed E-state index contributed by atoms with van der Waals surface area (Å²) < 4.78 is 10.5. The Bertz CT molecular complexity index is 760. The molecule has 4 N–H and O–H groups in total. The first-order valence-corrected chi connectivity index (χ1v) is 10.5. The molecule has 1 aromatic carbocycles. The fraction of sp³-hybridized carbons (Fsp3) is 0.522. The van der Waals surface area contributed by atoms with Crippen LogP contribution in [0.5, 0.6) is 11.5 Å². The lowest BCUT2D eigenvalue weighted by molar-refractivity contribution is -0.138. The lowest BCUT2D eigenvalue weighted by Crippen LogP contribution is -2.34. The number of esters is 1. The third-order valence-corrected chi connectivity index (χ3v) is 4.45. The lowest BCUT2D eigenvalue weighted by atomic mass is 10.1. The molecular weight excluding hydrogens is 400 g/mol. The van der Waals surface area contributed by atoms with Crippen LogP contribution in [0.4, 0.5) is 0 Å². The van der Waals surface area contributed by atoms with Crippen LogP contribution in [0.15, 0.2) is 30.4 Å². The first kappa shape index (κ1) is 26.2. The minimum atomic E-state index is -1.04. The molecule has 0 saturated carbocycles. The van der Waals surface area contributed by atoms with E-state index in [0.717, 1.165) is 24.8 Å². The van der Waals surface area contributed by atoms with Crippen LogP contribution in [-0.4, -0.2) is 36.1 Å². The van der Waals surface area contributed by atoms with Crippen molar-refractivity contribution in [2.45, 2.75) is 65.0 Å². The Labute approximate surface area is 183 Å². The van der Waals surface area contributed by atoms with Crippen LogP contribution in [-0.2, 0) is 20.9 Å². The standard InChI is InChI=1S/C23H34N2O6/c1-16(2)8-6-4-5-7-9-21(26)25-15-17-10-12-19(20(14-17)30-3)31-23(29)18(24)11-13-22(27)28/h6,8,10,12,14,16,18H,4-5,7,9,11,13,15,24H2,1-3H3,(H,25,26)(H,27,28)/b8-6+/t18-/m0/s1. The topological polar surface area (TPSA) is 128 Å². The molecule has 1 aromatic rings. The number of amides is 1. The summed E-state index contributed by atoms with van der Waals surface area (Å²) in [7, 11) is 1.44. The van der Waals surface area contributed by atoms with Crippen LogP contribution < -0.4 is 20.5 Å². The fourth-order valence-electron chi connectivity index (χ4n) is 2.69. The average molecular weight is 435 g/mol. The fourth-order valence-corrected chi connectivity index (χ4v) is 2.69. The van der Waals surface area contributed by atoms with Gasteiger partial charge in [-0.2, -0.15) is 0 Å². The SMILES string of the molecule is COc1cc(CNC(=O)CCCC/C=C/C(C)C)ccc1OC(=O)[C@@H](N)CCC(=O)O. The van der Waals surface area contributed by atoms with E-state index in [4.69, 9.17) is 20.3 Å². The first-order chi connectivity index (χ1) is 14.7. The monoisotopic (exact) mass is 434 g/mol. The van der Waals surface area contributed by atoms with Gasteiger partial charge in [-0.25, -0.2) is 4.79 Å². The minimum Gasteiger partial charge on any atom is -0.493 e. The van der Waals surface area contributed by atoms with Gasteiger partial charge in [0, 0.05) is 19.4 Å². The highest BCUT2D eigenvalue weighted by molar-refractivity contribution is 5.79. The van der Waals surface area contributed by atoms with Gasteiger partial charge in [-0.3, -0.25) is 9.59 Å². The number of carboxylic acids is 1. The molecule has 1 rings (SSSR count). The van der Waals surface area contributed by atoms with Gasteiger partial charge in [-0.1, -0.05) is 32.1 Å². The Morgan fingerprint density at radius 1 is 1.16 bits per heavy atom. The Morgan fingerprint density at radius 2 is 1.90 bits per heavy atom. The van der Waals surface area contributed by atoms with Gasteiger partial charge in [0.05, 0.1) is 7.11 Å². The number of allylic oxidation sites excluding steroid dienone is 2. The number of rotatable bonds is 14. The van der Waals surface area contributed by atoms with Gasteiger partial charge in [-0.15, -0.1) is 0 Å². The van der Waals surface area contributed by atoms with E-state index in [1.807, 2.05) is 0 Å². The van der Waals surface area contributed by atoms with E-state index >= 15 is 0 Å². The molecule has 8 nitrogen and oxygen atoms in total. The zero-order valence-corrected chi connectivity index (χ0v) is 18.6. The molecule has 0 radical (unpaired) electrons. The lowest BCUT2D eigenvalue weighted by Gasteiger charge is -2.14. The number of nitrogens with one attached hydrogen (secondary N) is 1. The van der Waals surface area contributed by atoms with Crippen LogP contribution in [0.3, 0.4) is 0 Å². The van der Waals surface area contributed by atoms with Crippen molar-refractivity contribution in [3.8, 4) is 11.5 Å². The van der Waals surface area contributed by atoms with Crippen molar-refractivity contribution < 1.29 is 29.0 Å². The molecule has 0 aliphatic heterocycles. The predicted molar refractivity (Wildman–Crippen MR) is 118 cm³/mol. The zero-order valence-electron chi connectivity index (χ0n) is 18.6. The normalized spacial score (nSPS) is 12.0. The van der Waals surface area contributed by atoms with E-state index < -0.39 is 18.0 Å². The molecule has 31 heavy (non-hydrogen) atoms. The number of unbranched alkanes of at least 4 members (excludes halogenated alkanes) is 2. The molecule has 0 spiro atoms. The van der Waals surface area contributed by atoms with Crippen molar-refractivity contribution in [3.05, 3.63) is 35.9 Å². The number of hydrogen-bond donors (Lipinski definition) is 3. The first-order valence-electron chi connectivity index (χ1n) is 10.5. The summed E-state index contributed by atoms with van der Waals surface area (Å²) >= 11 is 0. The Kier molecular flexibility index (Phi) is 12.0. The van der Waals surface area contributed by atoms with Crippen LogP contribution in [0.2, 0.25) is 0 Å². The molecule has 0 aliphatic carbocycles. The number of carboxylic acid groups (broad SMARTS) is 1. The van der Waals surface area contributed by atoms with Gasteiger partial charge in [0.15, 0.2) is 11.5 Å². The molecule has 0 aromatic heterocycles. The summed E-state index contributed by atoms with van der Waals surface area (Å²) in [6, 6.07) is 3.90. The van der Waals surface area contributed by atoms with Gasteiger partial charge in [0.25, 0.3) is 0 Å². The largest absolute Gasteiger partial charge is 0.493 e. The van der Waals surface area contributed by atoms with Crippen molar-refractivity contribution in [1.29, 1.82) is 0 Å². The number of carbonyl (C=O) groups excluding carboxylic acids is 2. The number of nitrogens with two attached hydrogens (primary N) is 1. The predicted octanol–water partition coefficient (Wildman–Crippen LogP) is 3.18. The van der Waals surface area contributed by atoms with E-state index in [0.29, 0.717) is 24.6 Å². The second-order valence-corrected chi connectivity index (χ2v) is 7.64. The number of benzene rings is 1. The zero-order chi connectivity index (χ0) is 23.2. The van der Waals surface area contributed by atoms with Crippen LogP contribution in [0.1, 0.15) is 57.9 Å². The van der Waals surface area contributed by atoms with Gasteiger partial charge < -0.3 is 25.6 Å². The maximum atomic E-state index is 12.0. The molecule has 0 bridgehead atoms. The molecule has 0 unspecified atom stereocenters.